The summed E-state index contributed by atoms with van der Waals surface area (Å²) in [7, 11) is 1.93. The third kappa shape index (κ3) is 3.42. The smallest absolute Gasteiger partial charge is 0.272 e. The molecule has 5 nitrogen and oxygen atoms in total. The van der Waals surface area contributed by atoms with Gasteiger partial charge in [0.1, 0.15) is 11.5 Å². The summed E-state index contributed by atoms with van der Waals surface area (Å²) in [5.41, 5.74) is 1.25. The van der Waals surface area contributed by atoms with Gasteiger partial charge in [0.25, 0.3) is 5.91 Å². The van der Waals surface area contributed by atoms with Crippen molar-refractivity contribution in [2.75, 3.05) is 26.7 Å². The van der Waals surface area contributed by atoms with Crippen LogP contribution in [0.1, 0.15) is 23.3 Å². The number of carbonyl (C=O) groups is 1. The molecule has 2 aromatic rings. The minimum absolute atomic E-state index is 0.0207. The molecule has 1 atom stereocenters. The third-order valence-electron chi connectivity index (χ3n) is 4.26. The highest BCUT2D eigenvalue weighted by molar-refractivity contribution is 5.93. The summed E-state index contributed by atoms with van der Waals surface area (Å²) in [5, 5.41) is 3.18. The molecule has 0 radical (unpaired) electrons. The first-order valence-electron chi connectivity index (χ1n) is 7.91. The average molecular weight is 316 g/mol. The Morgan fingerprint density at radius 1 is 1.39 bits per heavy atom. The normalized spacial score (nSPS) is 18.2. The molecule has 1 fully saturated rings. The molecule has 1 aliphatic heterocycles. The van der Waals surface area contributed by atoms with Gasteiger partial charge in [0.05, 0.1) is 12.5 Å². The highest BCUT2D eigenvalue weighted by Gasteiger charge is 2.26. The number of likely N-dealkylation sites (tertiary alicyclic amines) is 1. The van der Waals surface area contributed by atoms with Gasteiger partial charge in [0.2, 0.25) is 0 Å². The summed E-state index contributed by atoms with van der Waals surface area (Å²) < 4.78 is 14.8. The van der Waals surface area contributed by atoms with E-state index in [1.54, 1.807) is 29.2 Å². The number of aromatic nitrogens is 2. The van der Waals surface area contributed by atoms with Crippen LogP contribution in [0.3, 0.4) is 0 Å². The molecule has 0 unspecified atom stereocenters. The molecular formula is C17H21FN4O. The van der Waals surface area contributed by atoms with E-state index in [0.717, 1.165) is 38.2 Å². The largest absolute Gasteiger partial charge is 0.337 e. The number of imidazole rings is 1. The Labute approximate surface area is 135 Å². The number of carbonyl (C=O) groups excluding carboxylic acids is 1. The predicted octanol–water partition coefficient (Wildman–Crippen LogP) is 2.08. The zero-order valence-corrected chi connectivity index (χ0v) is 13.2. The van der Waals surface area contributed by atoms with Crippen molar-refractivity contribution in [3.63, 3.8) is 0 Å². The van der Waals surface area contributed by atoms with Crippen molar-refractivity contribution >= 4 is 5.91 Å². The molecule has 3 rings (SSSR count). The molecular weight excluding hydrogens is 295 g/mol. The number of nitrogens with zero attached hydrogens (tertiary/aromatic N) is 3. The van der Waals surface area contributed by atoms with Gasteiger partial charge in [-0.3, -0.25) is 9.36 Å². The third-order valence-corrected chi connectivity index (χ3v) is 4.26. The van der Waals surface area contributed by atoms with E-state index < -0.39 is 0 Å². The lowest BCUT2D eigenvalue weighted by atomic mass is 9.98. The van der Waals surface area contributed by atoms with E-state index in [1.165, 1.54) is 12.1 Å². The average Bonchev–Trinajstić information content (AvgIpc) is 3.05. The number of nitrogens with one attached hydrogen (secondary N) is 1. The zero-order chi connectivity index (χ0) is 16.2. The zero-order valence-electron chi connectivity index (χ0n) is 13.2. The Bertz CT molecular complexity index is 665. The Morgan fingerprint density at radius 3 is 2.91 bits per heavy atom. The van der Waals surface area contributed by atoms with Crippen molar-refractivity contribution < 1.29 is 9.18 Å². The van der Waals surface area contributed by atoms with Gasteiger partial charge < -0.3 is 10.2 Å². The van der Waals surface area contributed by atoms with E-state index >= 15 is 0 Å². The Balaban J connectivity index is 1.80. The maximum Gasteiger partial charge on any atom is 0.272 e. The SMILES string of the molecule is CNC[C@H]1CCCN(C(=O)c2cncn2-c2ccc(F)cc2)C1. The number of halogens is 1. The van der Waals surface area contributed by atoms with Crippen LogP contribution in [0.4, 0.5) is 4.39 Å². The number of rotatable bonds is 4. The van der Waals surface area contributed by atoms with E-state index in [0.29, 0.717) is 11.6 Å². The minimum Gasteiger partial charge on any atom is -0.337 e. The molecule has 0 bridgehead atoms. The van der Waals surface area contributed by atoms with Gasteiger partial charge >= 0.3 is 0 Å². The van der Waals surface area contributed by atoms with Crippen LogP contribution < -0.4 is 5.32 Å². The molecule has 1 aliphatic rings. The van der Waals surface area contributed by atoms with Crippen molar-refractivity contribution in [3.8, 4) is 5.69 Å². The first-order valence-corrected chi connectivity index (χ1v) is 7.91. The van der Waals surface area contributed by atoms with E-state index in [2.05, 4.69) is 10.3 Å². The second-order valence-electron chi connectivity index (χ2n) is 5.94. The highest BCUT2D eigenvalue weighted by Crippen LogP contribution is 2.20. The molecule has 6 heteroatoms. The molecule has 0 spiro atoms. The van der Waals surface area contributed by atoms with E-state index in [4.69, 9.17) is 0 Å². The van der Waals surface area contributed by atoms with Crippen molar-refractivity contribution in [2.24, 2.45) is 5.92 Å². The van der Waals surface area contributed by atoms with Crippen LogP contribution in [0, 0.1) is 11.7 Å². The van der Waals surface area contributed by atoms with Crippen LogP contribution in [-0.2, 0) is 0 Å². The van der Waals surface area contributed by atoms with Crippen LogP contribution in [0.25, 0.3) is 5.69 Å². The van der Waals surface area contributed by atoms with Crippen LogP contribution in [0.5, 0.6) is 0 Å². The summed E-state index contributed by atoms with van der Waals surface area (Å²) in [5.74, 6) is 0.167. The number of hydrogen-bond donors (Lipinski definition) is 1. The van der Waals surface area contributed by atoms with Crippen molar-refractivity contribution in [3.05, 3.63) is 48.3 Å². The molecule has 1 amide bonds. The van der Waals surface area contributed by atoms with Crippen LogP contribution in [0.2, 0.25) is 0 Å². The standard InChI is InChI=1S/C17H21FN4O/c1-19-9-13-3-2-8-21(11-13)17(23)16-10-20-12-22(16)15-6-4-14(18)5-7-15/h4-7,10,12-13,19H,2-3,8-9,11H2,1H3/t13-/m1/s1. The molecule has 23 heavy (non-hydrogen) atoms. The molecule has 0 aliphatic carbocycles. The lowest BCUT2D eigenvalue weighted by Gasteiger charge is -2.32. The molecule has 1 aromatic heterocycles. The number of amides is 1. The fourth-order valence-corrected chi connectivity index (χ4v) is 3.13. The van der Waals surface area contributed by atoms with Crippen LogP contribution in [0.15, 0.2) is 36.8 Å². The Morgan fingerprint density at radius 2 is 2.17 bits per heavy atom. The van der Waals surface area contributed by atoms with Crippen LogP contribution >= 0.6 is 0 Å². The van der Waals surface area contributed by atoms with Gasteiger partial charge in [0, 0.05) is 18.8 Å². The van der Waals surface area contributed by atoms with Gasteiger partial charge in [-0.15, -0.1) is 0 Å². The van der Waals surface area contributed by atoms with Gasteiger partial charge in [-0.2, -0.15) is 0 Å². The molecule has 1 N–H and O–H groups in total. The predicted molar refractivity (Wildman–Crippen MR) is 86.1 cm³/mol. The first kappa shape index (κ1) is 15.7. The van der Waals surface area contributed by atoms with Gasteiger partial charge in [-0.25, -0.2) is 9.37 Å². The molecule has 0 saturated carbocycles. The minimum atomic E-state index is -0.298. The van der Waals surface area contributed by atoms with Gasteiger partial charge in [-0.1, -0.05) is 0 Å². The summed E-state index contributed by atoms with van der Waals surface area (Å²) in [6, 6.07) is 6.06. The fourth-order valence-electron chi connectivity index (χ4n) is 3.13. The van der Waals surface area contributed by atoms with Crippen molar-refractivity contribution in [1.82, 2.24) is 19.8 Å². The second-order valence-corrected chi connectivity index (χ2v) is 5.94. The van der Waals surface area contributed by atoms with Crippen molar-refractivity contribution in [1.29, 1.82) is 0 Å². The lowest BCUT2D eigenvalue weighted by molar-refractivity contribution is 0.0666. The molecule has 1 saturated heterocycles. The maximum atomic E-state index is 13.1. The maximum absolute atomic E-state index is 13.1. The number of benzene rings is 1. The Hall–Kier alpha value is -2.21. The van der Waals surface area contributed by atoms with E-state index in [9.17, 15) is 9.18 Å². The summed E-state index contributed by atoms with van der Waals surface area (Å²) in [4.78, 5) is 18.8. The van der Waals surface area contributed by atoms with Crippen molar-refractivity contribution in [2.45, 2.75) is 12.8 Å². The summed E-state index contributed by atoms with van der Waals surface area (Å²) in [6.07, 6.45) is 5.33. The molecule has 122 valence electrons. The van der Waals surface area contributed by atoms with Gasteiger partial charge in [-0.05, 0) is 56.6 Å². The fraction of sp³-hybridized carbons (Fsp3) is 0.412. The Kier molecular flexibility index (Phi) is 4.71. The topological polar surface area (TPSA) is 50.2 Å². The molecule has 2 heterocycles. The monoisotopic (exact) mass is 316 g/mol. The number of piperidine rings is 1. The first-order chi connectivity index (χ1) is 11.2. The lowest BCUT2D eigenvalue weighted by Crippen LogP contribution is -2.43. The van der Waals surface area contributed by atoms with Gasteiger partial charge in [0.15, 0.2) is 0 Å². The van der Waals surface area contributed by atoms with E-state index in [1.807, 2.05) is 11.9 Å². The summed E-state index contributed by atoms with van der Waals surface area (Å²) >= 11 is 0. The van der Waals surface area contributed by atoms with Crippen LogP contribution in [-0.4, -0.2) is 47.0 Å². The second kappa shape index (κ2) is 6.91. The molecule has 1 aromatic carbocycles. The quantitative estimate of drug-likeness (QED) is 0.939. The highest BCUT2D eigenvalue weighted by atomic mass is 19.1. The van der Waals surface area contributed by atoms with E-state index in [-0.39, 0.29) is 11.7 Å². The summed E-state index contributed by atoms with van der Waals surface area (Å²) in [6.45, 7) is 2.45. The number of hydrogen-bond acceptors (Lipinski definition) is 3.